The number of carbonyl (C=O) groups excluding carboxylic acids is 4. The highest BCUT2D eigenvalue weighted by molar-refractivity contribution is 7.85. The van der Waals surface area contributed by atoms with E-state index in [9.17, 15) is 27.6 Å². The molecule has 5 aliphatic rings. The highest BCUT2D eigenvalue weighted by atomic mass is 32.2. The molecule has 2 unspecified atom stereocenters. The highest BCUT2D eigenvalue weighted by Crippen LogP contribution is 2.52. The van der Waals surface area contributed by atoms with E-state index < -0.39 is 68.9 Å². The average molecular weight is 937 g/mol. The second-order valence-electron chi connectivity index (χ2n) is 20.3. The van der Waals surface area contributed by atoms with Gasteiger partial charge < -0.3 is 39.8 Å². The van der Waals surface area contributed by atoms with Crippen LogP contribution < -0.4 is 30.1 Å². The van der Waals surface area contributed by atoms with Crippen LogP contribution >= 0.6 is 0 Å². The summed E-state index contributed by atoms with van der Waals surface area (Å²) in [4.78, 5) is 63.3. The molecule has 0 bridgehead atoms. The maximum Gasteiger partial charge on any atom is 0.408 e. The zero-order valence-electron chi connectivity index (χ0n) is 39.0. The van der Waals surface area contributed by atoms with Crippen LogP contribution in [-0.4, -0.2) is 120 Å². The Kier molecular flexibility index (Phi) is 13.0. The molecule has 1 aliphatic heterocycles. The van der Waals surface area contributed by atoms with Crippen molar-refractivity contribution in [3.05, 3.63) is 36.5 Å². The second kappa shape index (κ2) is 18.1. The summed E-state index contributed by atoms with van der Waals surface area (Å²) < 4.78 is 58.6. The van der Waals surface area contributed by atoms with E-state index in [4.69, 9.17) is 28.1 Å². The molecule has 3 heterocycles. The van der Waals surface area contributed by atoms with Gasteiger partial charge in [-0.3, -0.25) is 14.4 Å². The van der Waals surface area contributed by atoms with Crippen LogP contribution in [0, 0.1) is 23.2 Å². The van der Waals surface area contributed by atoms with Gasteiger partial charge in [-0.05, 0) is 94.6 Å². The lowest BCUT2D eigenvalue weighted by atomic mass is 9.85. The fourth-order valence-corrected chi connectivity index (χ4v) is 10.5. The van der Waals surface area contributed by atoms with Gasteiger partial charge in [0.15, 0.2) is 5.82 Å². The molecule has 19 nitrogen and oxygen atoms in total. The summed E-state index contributed by atoms with van der Waals surface area (Å²) in [6, 6.07) is 6.78. The number of ether oxygens (including phenoxy) is 4. The van der Waals surface area contributed by atoms with Gasteiger partial charge in [0.1, 0.15) is 53.8 Å². The van der Waals surface area contributed by atoms with Crippen LogP contribution in [0.5, 0.6) is 11.5 Å². The number of nitrogens with one attached hydrogen (secondary N) is 4. The number of methoxy groups -OCH3 is 1. The van der Waals surface area contributed by atoms with Gasteiger partial charge in [-0.15, -0.1) is 5.10 Å². The predicted molar refractivity (Wildman–Crippen MR) is 242 cm³/mol. The average Bonchev–Trinajstić information content (AvgIpc) is 4.15. The molecular weight excluding hydrogens is 873 g/mol. The Hall–Kier alpha value is -5.21. The summed E-state index contributed by atoms with van der Waals surface area (Å²) >= 11 is 0. The minimum absolute atomic E-state index is 0.0143. The van der Waals surface area contributed by atoms with Crippen LogP contribution in [-0.2, 0) is 38.3 Å². The van der Waals surface area contributed by atoms with Crippen LogP contribution in [0.2, 0.25) is 0 Å². The Bertz CT molecular complexity index is 2440. The van der Waals surface area contributed by atoms with E-state index in [2.05, 4.69) is 21.0 Å². The van der Waals surface area contributed by atoms with Gasteiger partial charge in [0, 0.05) is 49.4 Å². The molecule has 7 atom stereocenters. The highest BCUT2D eigenvalue weighted by Gasteiger charge is 2.62. The van der Waals surface area contributed by atoms with Crippen molar-refractivity contribution in [3.8, 4) is 17.3 Å². The van der Waals surface area contributed by atoms with Crippen molar-refractivity contribution in [1.29, 1.82) is 0 Å². The maximum atomic E-state index is 15.0. The summed E-state index contributed by atoms with van der Waals surface area (Å²) in [5.41, 5.74) is -2.76. The van der Waals surface area contributed by atoms with Gasteiger partial charge in [-0.2, -0.15) is 8.42 Å². The number of rotatable bonds is 19. The number of amides is 4. The third-order valence-corrected chi connectivity index (χ3v) is 14.4. The first-order valence-corrected chi connectivity index (χ1v) is 24.5. The number of alkyl carbamates (subject to hydrolysis) is 1. The molecule has 5 fully saturated rings. The van der Waals surface area contributed by atoms with Crippen molar-refractivity contribution in [2.24, 2.45) is 23.2 Å². The topological polar surface area (TPSA) is 231 Å². The van der Waals surface area contributed by atoms with Crippen LogP contribution in [0.15, 0.2) is 36.5 Å². The van der Waals surface area contributed by atoms with E-state index in [1.165, 1.54) is 4.90 Å². The monoisotopic (exact) mass is 936 g/mol. The molecule has 66 heavy (non-hydrogen) atoms. The van der Waals surface area contributed by atoms with Crippen LogP contribution in [0.25, 0.3) is 16.7 Å². The number of nitrogens with zero attached hydrogens (tertiary/aromatic N) is 4. The Morgan fingerprint density at radius 2 is 1.73 bits per heavy atom. The molecule has 3 aromatic rings. The first-order valence-electron chi connectivity index (χ1n) is 23.1. The van der Waals surface area contributed by atoms with Gasteiger partial charge >= 0.3 is 16.4 Å². The fourth-order valence-electron chi connectivity index (χ4n) is 9.33. The Labute approximate surface area is 386 Å². The molecule has 4 N–H and O–H groups in total. The number of likely N-dealkylation sites (tertiary alicyclic amines) is 1. The number of carbonyl (C=O) groups is 4. The van der Waals surface area contributed by atoms with Crippen LogP contribution in [0.3, 0.4) is 0 Å². The predicted octanol–water partition coefficient (Wildman–Crippen LogP) is 4.77. The summed E-state index contributed by atoms with van der Waals surface area (Å²) in [5, 5.41) is 14.3. The normalized spacial score (nSPS) is 26.6. The van der Waals surface area contributed by atoms with Gasteiger partial charge in [0.2, 0.25) is 11.8 Å². The number of aromatic nitrogens is 3. The lowest BCUT2D eigenvalue weighted by molar-refractivity contribution is -0.143. The summed E-state index contributed by atoms with van der Waals surface area (Å²) in [6.45, 7) is 13.6. The first-order chi connectivity index (χ1) is 31.2. The van der Waals surface area contributed by atoms with Crippen LogP contribution in [0.4, 0.5) is 10.6 Å². The number of fused-ring (bicyclic) bond motifs is 2. The fraction of sp³-hybridized carbons (Fsp3) is 0.652. The smallest absolute Gasteiger partial charge is 0.408 e. The molecule has 4 saturated carbocycles. The number of hydrogen-bond acceptors (Lipinski definition) is 14. The zero-order chi connectivity index (χ0) is 47.3. The molecule has 4 amide bonds. The summed E-state index contributed by atoms with van der Waals surface area (Å²) in [6.07, 6.45) is 4.48. The molecule has 1 saturated heterocycles. The van der Waals surface area contributed by atoms with E-state index >= 15 is 0 Å². The van der Waals surface area contributed by atoms with Crippen molar-refractivity contribution in [1.82, 2.24) is 35.0 Å². The number of hydrogen-bond donors (Lipinski definition) is 4. The number of pyridine rings is 1. The minimum Gasteiger partial charge on any atom is -0.491 e. The summed E-state index contributed by atoms with van der Waals surface area (Å²) in [7, 11) is -2.90. The van der Waals surface area contributed by atoms with Crippen molar-refractivity contribution in [3.63, 3.8) is 0 Å². The van der Waals surface area contributed by atoms with Crippen molar-refractivity contribution >= 4 is 50.8 Å². The van der Waals surface area contributed by atoms with Crippen molar-refractivity contribution in [2.45, 2.75) is 141 Å². The summed E-state index contributed by atoms with van der Waals surface area (Å²) in [5.74, 6) is 0.664. The van der Waals surface area contributed by atoms with Crippen molar-refractivity contribution in [2.75, 3.05) is 32.2 Å². The Morgan fingerprint density at radius 1 is 0.985 bits per heavy atom. The second-order valence-corrected chi connectivity index (χ2v) is 21.6. The molecule has 0 radical (unpaired) electrons. The molecule has 4 aliphatic carbocycles. The minimum atomic E-state index is -4.49. The number of benzene rings is 1. The van der Waals surface area contributed by atoms with Crippen molar-refractivity contribution < 1.29 is 50.7 Å². The molecule has 360 valence electrons. The zero-order valence-corrected chi connectivity index (χ0v) is 39.9. The quantitative estimate of drug-likeness (QED) is 0.119. The van der Waals surface area contributed by atoms with Gasteiger partial charge in [0.25, 0.3) is 5.91 Å². The molecule has 20 heteroatoms. The third kappa shape index (κ3) is 10.6. The molecule has 1 aromatic carbocycles. The molecule has 0 spiro atoms. The number of anilines is 1. The van der Waals surface area contributed by atoms with E-state index in [0.717, 1.165) is 19.3 Å². The Morgan fingerprint density at radius 3 is 2.38 bits per heavy atom. The Balaban J connectivity index is 1.10. The van der Waals surface area contributed by atoms with Gasteiger partial charge in [0.05, 0.1) is 24.3 Å². The van der Waals surface area contributed by atoms with E-state index in [-0.39, 0.29) is 37.5 Å². The molecule has 2 aromatic heterocycles. The molecular formula is C46H64N8O11S. The van der Waals surface area contributed by atoms with E-state index in [1.54, 1.807) is 43.1 Å². The first kappa shape index (κ1) is 47.3. The SMILES string of the molecule is CC[C@@H]1C[C@]1(NC(=O)[C@@H]1C[C@@H](Oc2cc(-n3ccc(NC(C)C)n3)nc3cc(OCCOC)ccc23)CN1C(=O)[C@@H](NC(=O)OC1CC2CC2C1)C(C)(C)C)C(=O)NS(=O)(=O)OC1(C)CC1. The largest absolute Gasteiger partial charge is 0.491 e. The third-order valence-electron chi connectivity index (χ3n) is 13.4. The van der Waals surface area contributed by atoms with Gasteiger partial charge in [-0.1, -0.05) is 34.1 Å². The lowest BCUT2D eigenvalue weighted by Gasteiger charge is -2.35. The lowest BCUT2D eigenvalue weighted by Crippen LogP contribution is -2.60. The molecule has 8 rings (SSSR count). The van der Waals surface area contributed by atoms with E-state index in [0.29, 0.717) is 78.3 Å². The maximum absolute atomic E-state index is 15.0. The van der Waals surface area contributed by atoms with Gasteiger partial charge in [-0.25, -0.2) is 23.4 Å². The van der Waals surface area contributed by atoms with Crippen LogP contribution in [0.1, 0.15) is 99.8 Å². The van der Waals surface area contributed by atoms with E-state index in [1.807, 2.05) is 58.4 Å². The standard InChI is InChI=1S/C46H64N8O11S/c1-9-29-24-46(29,42(57)52-66(59,60)65-45(7)13-14-45)50-40(55)35-22-32(25-53(35)41(56)39(44(4,5)6)49-43(58)64-31-19-27-18-28(27)20-31)63-36-23-38(54-15-12-37(51-54)47-26(2)3)48-34-21-30(10-11-33(34)36)62-17-16-61-8/h10-12,15,21,23,26-29,31-32,35,39H,9,13-14,16-20,22,24-25H2,1-8H3,(H,47,51)(H,49,58)(H,50,55)(H,52,57)/t27?,28?,29-,31?,32-,35+,39-,46-/m1/s1.